The highest BCUT2D eigenvalue weighted by Gasteiger charge is 2.07. The van der Waals surface area contributed by atoms with E-state index in [-0.39, 0.29) is 5.57 Å². The molecule has 3 heteroatoms. The molecule has 0 aromatic heterocycles. The second-order valence-corrected chi connectivity index (χ2v) is 2.41. The van der Waals surface area contributed by atoms with Crippen LogP contribution < -0.4 is 0 Å². The Morgan fingerprint density at radius 1 is 1.33 bits per heavy atom. The Hall–Kier alpha value is -1.28. The van der Waals surface area contributed by atoms with Crippen LogP contribution in [0.1, 0.15) is 5.56 Å². The molecule has 2 nitrogen and oxygen atoms in total. The van der Waals surface area contributed by atoms with Crippen LogP contribution in [0.5, 0.6) is 0 Å². The molecule has 0 bridgehead atoms. The van der Waals surface area contributed by atoms with Crippen LogP contribution in [0.3, 0.4) is 0 Å². The first kappa shape index (κ1) is 8.81. The molecular weight excluding hydrogens is 176 g/mol. The molecule has 0 radical (unpaired) electrons. The van der Waals surface area contributed by atoms with Crippen LogP contribution in [0.15, 0.2) is 35.9 Å². The summed E-state index contributed by atoms with van der Waals surface area (Å²) < 4.78 is 0. The molecule has 12 heavy (non-hydrogen) atoms. The van der Waals surface area contributed by atoms with Gasteiger partial charge in [-0.1, -0.05) is 41.9 Å². The van der Waals surface area contributed by atoms with Gasteiger partial charge in [-0.25, -0.2) is 4.79 Å². The normalized spacial score (nSPS) is 11.2. The fraction of sp³-hybridized carbons (Fsp3) is 0. The first-order valence-corrected chi connectivity index (χ1v) is 3.78. The SMILES string of the molecule is O=C(O)/C(=C/Cl)c1ccccc1. The molecule has 0 aliphatic heterocycles. The van der Waals surface area contributed by atoms with Gasteiger partial charge in [-0.3, -0.25) is 0 Å². The maximum absolute atomic E-state index is 10.6. The quantitative estimate of drug-likeness (QED) is 0.713. The minimum Gasteiger partial charge on any atom is -0.478 e. The first-order valence-electron chi connectivity index (χ1n) is 3.35. The minimum atomic E-state index is -1.02. The van der Waals surface area contributed by atoms with Gasteiger partial charge in [-0.05, 0) is 5.56 Å². The van der Waals surface area contributed by atoms with Crippen molar-refractivity contribution in [1.29, 1.82) is 0 Å². The predicted octanol–water partition coefficient (Wildman–Crippen LogP) is 2.35. The third kappa shape index (κ3) is 1.86. The fourth-order valence-electron chi connectivity index (χ4n) is 0.851. The van der Waals surface area contributed by atoms with Gasteiger partial charge in [0.15, 0.2) is 0 Å². The lowest BCUT2D eigenvalue weighted by Crippen LogP contribution is -1.98. The maximum Gasteiger partial charge on any atom is 0.337 e. The standard InChI is InChI=1S/C9H7ClO2/c10-6-8(9(11)12)7-4-2-1-3-5-7/h1-6H,(H,11,12)/b8-6+. The van der Waals surface area contributed by atoms with Gasteiger partial charge in [0.1, 0.15) is 0 Å². The smallest absolute Gasteiger partial charge is 0.337 e. The highest BCUT2D eigenvalue weighted by atomic mass is 35.5. The van der Waals surface area contributed by atoms with E-state index in [0.29, 0.717) is 5.56 Å². The van der Waals surface area contributed by atoms with Gasteiger partial charge in [0.2, 0.25) is 0 Å². The molecule has 1 N–H and O–H groups in total. The molecule has 0 spiro atoms. The van der Waals surface area contributed by atoms with Crippen molar-refractivity contribution >= 4 is 23.1 Å². The van der Waals surface area contributed by atoms with E-state index in [9.17, 15) is 4.79 Å². The van der Waals surface area contributed by atoms with Crippen LogP contribution in [-0.2, 0) is 4.79 Å². The molecule has 1 aromatic rings. The number of rotatable bonds is 2. The van der Waals surface area contributed by atoms with E-state index in [1.165, 1.54) is 0 Å². The average Bonchev–Trinajstić information content (AvgIpc) is 2.07. The number of hydrogen-bond donors (Lipinski definition) is 1. The number of aliphatic carboxylic acids is 1. The van der Waals surface area contributed by atoms with Gasteiger partial charge in [-0.2, -0.15) is 0 Å². The van der Waals surface area contributed by atoms with Crippen LogP contribution in [-0.4, -0.2) is 11.1 Å². The molecular formula is C9H7ClO2. The molecule has 0 amide bonds. The Labute approximate surface area is 75.1 Å². The largest absolute Gasteiger partial charge is 0.478 e. The van der Waals surface area contributed by atoms with E-state index < -0.39 is 5.97 Å². The first-order chi connectivity index (χ1) is 5.75. The molecule has 0 saturated carbocycles. The summed E-state index contributed by atoms with van der Waals surface area (Å²) in [5.74, 6) is -1.02. The van der Waals surface area contributed by atoms with E-state index in [1.807, 2.05) is 6.07 Å². The monoisotopic (exact) mass is 182 g/mol. The molecule has 0 saturated heterocycles. The Balaban J connectivity index is 3.05. The minimum absolute atomic E-state index is 0.109. The summed E-state index contributed by atoms with van der Waals surface area (Å²) in [5, 5.41) is 8.67. The van der Waals surface area contributed by atoms with Gasteiger partial charge < -0.3 is 5.11 Å². The number of carboxylic acid groups (broad SMARTS) is 1. The molecule has 0 atom stereocenters. The number of carboxylic acids is 1. The van der Waals surface area contributed by atoms with Crippen molar-refractivity contribution in [2.24, 2.45) is 0 Å². The summed E-state index contributed by atoms with van der Waals surface area (Å²) in [5.41, 5.74) is 1.79. The Morgan fingerprint density at radius 2 is 1.92 bits per heavy atom. The van der Waals surface area contributed by atoms with Crippen molar-refractivity contribution in [1.82, 2.24) is 0 Å². The zero-order chi connectivity index (χ0) is 8.97. The second kappa shape index (κ2) is 3.93. The molecule has 1 rings (SSSR count). The van der Waals surface area contributed by atoms with Crippen molar-refractivity contribution in [3.05, 3.63) is 41.4 Å². The van der Waals surface area contributed by atoms with Gasteiger partial charge in [0, 0.05) is 5.54 Å². The van der Waals surface area contributed by atoms with Gasteiger partial charge >= 0.3 is 5.97 Å². The summed E-state index contributed by atoms with van der Waals surface area (Å²) in [4.78, 5) is 10.6. The summed E-state index contributed by atoms with van der Waals surface area (Å²) in [7, 11) is 0. The summed E-state index contributed by atoms with van der Waals surface area (Å²) in [6.45, 7) is 0. The van der Waals surface area contributed by atoms with Gasteiger partial charge in [0.25, 0.3) is 0 Å². The van der Waals surface area contributed by atoms with Crippen molar-refractivity contribution in [2.45, 2.75) is 0 Å². The lowest BCUT2D eigenvalue weighted by Gasteiger charge is -1.98. The van der Waals surface area contributed by atoms with Gasteiger partial charge in [0.05, 0.1) is 5.57 Å². The van der Waals surface area contributed by atoms with Crippen molar-refractivity contribution in [3.63, 3.8) is 0 Å². The van der Waals surface area contributed by atoms with E-state index in [4.69, 9.17) is 16.7 Å². The molecule has 0 fully saturated rings. The van der Waals surface area contributed by atoms with Crippen LogP contribution in [0.2, 0.25) is 0 Å². The predicted molar refractivity (Wildman–Crippen MR) is 47.9 cm³/mol. The highest BCUT2D eigenvalue weighted by Crippen LogP contribution is 2.14. The highest BCUT2D eigenvalue weighted by molar-refractivity contribution is 6.34. The molecule has 1 aromatic carbocycles. The number of halogens is 1. The Bertz CT molecular complexity index is 304. The van der Waals surface area contributed by atoms with Crippen LogP contribution >= 0.6 is 11.6 Å². The van der Waals surface area contributed by atoms with E-state index in [2.05, 4.69) is 0 Å². The Kier molecular flexibility index (Phi) is 2.88. The Morgan fingerprint density at radius 3 is 2.33 bits per heavy atom. The lowest BCUT2D eigenvalue weighted by atomic mass is 10.1. The second-order valence-electron chi connectivity index (χ2n) is 2.19. The summed E-state index contributed by atoms with van der Waals surface area (Å²) in [6.07, 6.45) is 0. The number of carbonyl (C=O) groups is 1. The summed E-state index contributed by atoms with van der Waals surface area (Å²) >= 11 is 5.35. The molecule has 0 heterocycles. The third-order valence-corrected chi connectivity index (χ3v) is 1.64. The molecule has 0 aliphatic carbocycles. The molecule has 0 aliphatic rings. The third-order valence-electron chi connectivity index (χ3n) is 1.42. The van der Waals surface area contributed by atoms with E-state index in [1.54, 1.807) is 24.3 Å². The number of benzene rings is 1. The topological polar surface area (TPSA) is 37.3 Å². The van der Waals surface area contributed by atoms with E-state index in [0.717, 1.165) is 5.54 Å². The number of hydrogen-bond acceptors (Lipinski definition) is 1. The average molecular weight is 183 g/mol. The van der Waals surface area contributed by atoms with Crippen LogP contribution in [0.25, 0.3) is 5.57 Å². The molecule has 0 unspecified atom stereocenters. The van der Waals surface area contributed by atoms with Gasteiger partial charge in [-0.15, -0.1) is 0 Å². The maximum atomic E-state index is 10.6. The van der Waals surface area contributed by atoms with Crippen molar-refractivity contribution in [3.8, 4) is 0 Å². The lowest BCUT2D eigenvalue weighted by molar-refractivity contribution is -0.130. The van der Waals surface area contributed by atoms with Crippen molar-refractivity contribution in [2.75, 3.05) is 0 Å². The fourth-order valence-corrected chi connectivity index (χ4v) is 1.07. The van der Waals surface area contributed by atoms with Crippen LogP contribution in [0, 0.1) is 0 Å². The molecule has 62 valence electrons. The van der Waals surface area contributed by atoms with Crippen LogP contribution in [0.4, 0.5) is 0 Å². The van der Waals surface area contributed by atoms with Crippen molar-refractivity contribution < 1.29 is 9.90 Å². The zero-order valence-corrected chi connectivity index (χ0v) is 6.95. The summed E-state index contributed by atoms with van der Waals surface area (Å²) in [6, 6.07) is 8.74. The van der Waals surface area contributed by atoms with E-state index >= 15 is 0 Å². The zero-order valence-electron chi connectivity index (χ0n) is 6.20.